The molecular formula is C28H27F3N4O2. The number of H-pyrrole nitrogens is 1. The Labute approximate surface area is 212 Å². The maximum Gasteiger partial charge on any atom is 0.416 e. The molecule has 192 valence electrons. The van der Waals surface area contributed by atoms with Crippen molar-refractivity contribution in [1.82, 2.24) is 14.8 Å². The van der Waals surface area contributed by atoms with Crippen molar-refractivity contribution in [1.29, 1.82) is 0 Å². The summed E-state index contributed by atoms with van der Waals surface area (Å²) in [5, 5.41) is 2.82. The van der Waals surface area contributed by atoms with Gasteiger partial charge in [-0.3, -0.25) is 9.59 Å². The number of nitrogens with zero attached hydrogens (tertiary/aromatic N) is 2. The Kier molecular flexibility index (Phi) is 6.19. The highest BCUT2D eigenvalue weighted by Gasteiger charge is 2.32. The molecule has 0 saturated carbocycles. The highest BCUT2D eigenvalue weighted by Crippen LogP contribution is 2.42. The van der Waals surface area contributed by atoms with Gasteiger partial charge in [-0.15, -0.1) is 0 Å². The molecule has 37 heavy (non-hydrogen) atoms. The second kappa shape index (κ2) is 9.23. The Morgan fingerprint density at radius 2 is 1.73 bits per heavy atom. The molecule has 0 unspecified atom stereocenters. The van der Waals surface area contributed by atoms with E-state index in [1.807, 2.05) is 25.8 Å². The Balaban J connectivity index is 1.56. The molecule has 0 aliphatic carbocycles. The second-order valence-electron chi connectivity index (χ2n) is 9.58. The third-order valence-electron chi connectivity index (χ3n) is 7.10. The van der Waals surface area contributed by atoms with Crippen molar-refractivity contribution in [2.24, 2.45) is 0 Å². The van der Waals surface area contributed by atoms with Crippen LogP contribution in [0.15, 0.2) is 42.5 Å². The van der Waals surface area contributed by atoms with Crippen molar-refractivity contribution in [3.8, 4) is 11.1 Å². The lowest BCUT2D eigenvalue weighted by atomic mass is 9.93. The lowest BCUT2D eigenvalue weighted by Crippen LogP contribution is -2.47. The number of nitrogens with one attached hydrogen (secondary N) is 2. The predicted molar refractivity (Wildman–Crippen MR) is 137 cm³/mol. The van der Waals surface area contributed by atoms with Crippen LogP contribution >= 0.6 is 0 Å². The number of hydrogen-bond donors (Lipinski definition) is 2. The van der Waals surface area contributed by atoms with Crippen LogP contribution in [0.1, 0.15) is 38.4 Å². The van der Waals surface area contributed by atoms with Crippen molar-refractivity contribution < 1.29 is 22.8 Å². The van der Waals surface area contributed by atoms with Gasteiger partial charge >= 0.3 is 6.18 Å². The fraction of sp³-hybridized carbons (Fsp3) is 0.286. The lowest BCUT2D eigenvalue weighted by molar-refractivity contribution is -0.137. The van der Waals surface area contributed by atoms with Gasteiger partial charge in [-0.05, 0) is 61.9 Å². The summed E-state index contributed by atoms with van der Waals surface area (Å²) in [5.74, 6) is -0.405. The SMILES string of the molecule is Cc1[nH]c(/C=C2\C(=O)Nc3cccc(-c4cccc(C(F)(F)F)c4)c32)c(C)c1C(=O)N1CCN(C)CC1. The first-order chi connectivity index (χ1) is 17.5. The van der Waals surface area contributed by atoms with Crippen LogP contribution in [0.5, 0.6) is 0 Å². The van der Waals surface area contributed by atoms with E-state index in [2.05, 4.69) is 15.2 Å². The van der Waals surface area contributed by atoms with E-state index in [0.29, 0.717) is 58.0 Å². The zero-order valence-corrected chi connectivity index (χ0v) is 20.8. The summed E-state index contributed by atoms with van der Waals surface area (Å²) >= 11 is 0. The van der Waals surface area contributed by atoms with E-state index in [-0.39, 0.29) is 11.8 Å². The van der Waals surface area contributed by atoms with Gasteiger partial charge in [0.2, 0.25) is 0 Å². The number of halogens is 3. The first-order valence-electron chi connectivity index (χ1n) is 12.1. The van der Waals surface area contributed by atoms with Gasteiger partial charge in [-0.1, -0.05) is 24.3 Å². The van der Waals surface area contributed by atoms with Crippen LogP contribution in [0, 0.1) is 13.8 Å². The minimum absolute atomic E-state index is 0.0510. The number of carbonyl (C=O) groups excluding carboxylic acids is 2. The zero-order valence-electron chi connectivity index (χ0n) is 20.8. The first-order valence-corrected chi connectivity index (χ1v) is 12.1. The highest BCUT2D eigenvalue weighted by atomic mass is 19.4. The summed E-state index contributed by atoms with van der Waals surface area (Å²) < 4.78 is 40.1. The van der Waals surface area contributed by atoms with Crippen molar-refractivity contribution in [3.63, 3.8) is 0 Å². The smallest absolute Gasteiger partial charge is 0.358 e. The maximum atomic E-state index is 13.4. The van der Waals surface area contributed by atoms with Crippen LogP contribution < -0.4 is 5.32 Å². The summed E-state index contributed by atoms with van der Waals surface area (Å²) in [5.41, 5.74) is 4.14. The third-order valence-corrected chi connectivity index (χ3v) is 7.10. The van der Waals surface area contributed by atoms with Crippen molar-refractivity contribution in [3.05, 3.63) is 76.1 Å². The van der Waals surface area contributed by atoms with E-state index >= 15 is 0 Å². The third kappa shape index (κ3) is 4.55. The summed E-state index contributed by atoms with van der Waals surface area (Å²) in [4.78, 5) is 33.6. The quantitative estimate of drug-likeness (QED) is 0.478. The van der Waals surface area contributed by atoms with Crippen molar-refractivity contribution in [2.45, 2.75) is 20.0 Å². The number of fused-ring (bicyclic) bond motifs is 1. The minimum Gasteiger partial charge on any atom is -0.358 e. The van der Waals surface area contributed by atoms with Gasteiger partial charge in [0.05, 0.1) is 16.7 Å². The number of benzene rings is 2. The maximum absolute atomic E-state index is 13.4. The van der Waals surface area contributed by atoms with Gasteiger partial charge in [0, 0.05) is 48.8 Å². The molecule has 2 aliphatic rings. The number of likely N-dealkylation sites (N-methyl/N-ethyl adjacent to an activating group) is 1. The Morgan fingerprint density at radius 3 is 2.43 bits per heavy atom. The fourth-order valence-electron chi connectivity index (χ4n) is 5.04. The molecule has 9 heteroatoms. The highest BCUT2D eigenvalue weighted by molar-refractivity contribution is 6.36. The standard InChI is InChI=1S/C28H27F3N4O2/c1-16-23(32-17(2)24(16)27(37)35-12-10-34(3)11-13-35)15-21-25-20(8-5-9-22(25)33-26(21)36)18-6-4-7-19(14-18)28(29,30)31/h4-9,14-15,32H,10-13H2,1-3H3,(H,33,36)/b21-15-. The largest absolute Gasteiger partial charge is 0.416 e. The van der Waals surface area contributed by atoms with Gasteiger partial charge < -0.3 is 20.1 Å². The number of alkyl halides is 3. The number of aryl methyl sites for hydroxylation is 1. The molecule has 1 fully saturated rings. The van der Waals surface area contributed by atoms with E-state index < -0.39 is 11.7 Å². The first kappa shape index (κ1) is 24.8. The molecule has 5 rings (SSSR count). The molecule has 3 heterocycles. The monoisotopic (exact) mass is 508 g/mol. The Bertz CT molecular complexity index is 1430. The number of carbonyl (C=O) groups is 2. The number of anilines is 1. The lowest BCUT2D eigenvalue weighted by Gasteiger charge is -2.32. The van der Waals surface area contributed by atoms with Gasteiger partial charge in [0.15, 0.2) is 0 Å². The minimum atomic E-state index is -4.48. The molecule has 6 nitrogen and oxygen atoms in total. The number of aromatic nitrogens is 1. The Hall–Kier alpha value is -3.85. The Morgan fingerprint density at radius 1 is 1.03 bits per heavy atom. The molecule has 0 radical (unpaired) electrons. The fourth-order valence-corrected chi connectivity index (χ4v) is 5.04. The van der Waals surface area contributed by atoms with Crippen LogP contribution in [-0.2, 0) is 11.0 Å². The van der Waals surface area contributed by atoms with E-state index in [1.54, 1.807) is 30.3 Å². The number of rotatable bonds is 3. The van der Waals surface area contributed by atoms with E-state index in [4.69, 9.17) is 0 Å². The number of hydrogen-bond acceptors (Lipinski definition) is 3. The molecule has 1 saturated heterocycles. The van der Waals surface area contributed by atoms with Crippen LogP contribution in [0.25, 0.3) is 22.8 Å². The molecule has 0 atom stereocenters. The molecular weight excluding hydrogens is 481 g/mol. The van der Waals surface area contributed by atoms with Crippen molar-refractivity contribution >= 4 is 29.2 Å². The predicted octanol–water partition coefficient (Wildman–Crippen LogP) is 5.20. The van der Waals surface area contributed by atoms with E-state index in [1.165, 1.54) is 6.07 Å². The molecule has 2 aliphatic heterocycles. The van der Waals surface area contributed by atoms with Gasteiger partial charge in [-0.25, -0.2) is 0 Å². The number of amides is 2. The van der Waals surface area contributed by atoms with E-state index in [0.717, 1.165) is 30.8 Å². The van der Waals surface area contributed by atoms with Gasteiger partial charge in [0.25, 0.3) is 11.8 Å². The van der Waals surface area contributed by atoms with Crippen LogP contribution in [0.3, 0.4) is 0 Å². The summed E-state index contributed by atoms with van der Waals surface area (Å²) in [6.45, 7) is 6.57. The average Bonchev–Trinajstić information content (AvgIpc) is 3.33. The number of aromatic amines is 1. The second-order valence-corrected chi connectivity index (χ2v) is 9.58. The molecule has 2 aromatic carbocycles. The molecule has 0 bridgehead atoms. The van der Waals surface area contributed by atoms with E-state index in [9.17, 15) is 22.8 Å². The van der Waals surface area contributed by atoms with Crippen LogP contribution in [0.4, 0.5) is 18.9 Å². The van der Waals surface area contributed by atoms with Crippen molar-refractivity contribution in [2.75, 3.05) is 38.5 Å². The molecule has 0 spiro atoms. The normalized spacial score (nSPS) is 17.3. The number of piperazine rings is 1. The average molecular weight is 509 g/mol. The van der Waals surface area contributed by atoms with Crippen LogP contribution in [-0.4, -0.2) is 59.8 Å². The molecule has 3 aromatic rings. The molecule has 1 aromatic heterocycles. The zero-order chi connectivity index (χ0) is 26.5. The summed E-state index contributed by atoms with van der Waals surface area (Å²) in [6, 6.07) is 10.2. The summed E-state index contributed by atoms with van der Waals surface area (Å²) in [7, 11) is 2.02. The summed E-state index contributed by atoms with van der Waals surface area (Å²) in [6.07, 6.45) is -2.80. The molecule has 2 amide bonds. The van der Waals surface area contributed by atoms with Gasteiger partial charge in [0.1, 0.15) is 0 Å². The topological polar surface area (TPSA) is 68.4 Å². The molecule has 2 N–H and O–H groups in total. The van der Waals surface area contributed by atoms with Gasteiger partial charge in [-0.2, -0.15) is 13.2 Å². The van der Waals surface area contributed by atoms with Crippen LogP contribution in [0.2, 0.25) is 0 Å².